The maximum Gasteiger partial charge on any atom is 0.519 e. The minimum atomic E-state index is -1.01. The molecule has 0 radical (unpaired) electrons. The number of carbonyl (C=O) groups is 1. The van der Waals surface area contributed by atoms with E-state index in [1.54, 1.807) is 0 Å². The van der Waals surface area contributed by atoms with E-state index >= 15 is 0 Å². The van der Waals surface area contributed by atoms with E-state index < -0.39 is 17.2 Å². The van der Waals surface area contributed by atoms with Crippen LogP contribution in [0.5, 0.6) is 5.75 Å². The largest absolute Gasteiger partial charge is 0.519 e. The van der Waals surface area contributed by atoms with Crippen LogP contribution in [0.15, 0.2) is 36.6 Å². The predicted molar refractivity (Wildman–Crippen MR) is 85.6 cm³/mol. The van der Waals surface area contributed by atoms with E-state index in [0.717, 1.165) is 0 Å². The first-order chi connectivity index (χ1) is 11.4. The second kappa shape index (κ2) is 9.64. The van der Waals surface area contributed by atoms with Crippen molar-refractivity contribution in [3.63, 3.8) is 0 Å². The lowest BCUT2D eigenvalue weighted by Gasteiger charge is -2.18. The highest BCUT2D eigenvalue weighted by molar-refractivity contribution is 5.65. The van der Waals surface area contributed by atoms with Crippen LogP contribution in [-0.4, -0.2) is 36.0 Å². The van der Waals surface area contributed by atoms with E-state index in [0.29, 0.717) is 12.8 Å². The average Bonchev–Trinajstić information content (AvgIpc) is 2.55. The number of hydrogen-bond acceptors (Lipinski definition) is 7. The Morgan fingerprint density at radius 2 is 1.96 bits per heavy atom. The summed E-state index contributed by atoms with van der Waals surface area (Å²) in [6.45, 7) is 5.60. The number of hydrogen-bond donors (Lipinski definition) is 1. The van der Waals surface area contributed by atoms with Crippen molar-refractivity contribution in [2.75, 3.05) is 13.7 Å². The number of benzene rings is 1. The fourth-order valence-corrected chi connectivity index (χ4v) is 1.86. The van der Waals surface area contributed by atoms with E-state index in [1.165, 1.54) is 31.4 Å². The number of nitro benzene ring substituents is 1. The summed E-state index contributed by atoms with van der Waals surface area (Å²) in [5.74, 6) is 0.304. The Balaban J connectivity index is 2.52. The van der Waals surface area contributed by atoms with Crippen LogP contribution in [0.3, 0.4) is 0 Å². The zero-order valence-electron chi connectivity index (χ0n) is 13.6. The van der Waals surface area contributed by atoms with Gasteiger partial charge in [0.25, 0.3) is 5.69 Å². The summed E-state index contributed by atoms with van der Waals surface area (Å²) in [5.41, 5.74) is -0.113. The van der Waals surface area contributed by atoms with Gasteiger partial charge in [0.05, 0.1) is 4.92 Å². The Labute approximate surface area is 139 Å². The van der Waals surface area contributed by atoms with Crippen molar-refractivity contribution in [2.45, 2.75) is 25.9 Å². The smallest absolute Gasteiger partial charge is 0.397 e. The van der Waals surface area contributed by atoms with Crippen molar-refractivity contribution in [2.24, 2.45) is 5.92 Å². The van der Waals surface area contributed by atoms with Gasteiger partial charge in [0, 0.05) is 25.8 Å². The van der Waals surface area contributed by atoms with E-state index in [-0.39, 0.29) is 29.7 Å². The van der Waals surface area contributed by atoms with Gasteiger partial charge in [0.15, 0.2) is 0 Å². The first-order valence-electron chi connectivity index (χ1n) is 7.34. The minimum Gasteiger partial charge on any atom is -0.397 e. The third-order valence-electron chi connectivity index (χ3n) is 3.34. The molecule has 0 fully saturated rings. The Morgan fingerprint density at radius 1 is 1.33 bits per heavy atom. The lowest BCUT2D eigenvalue weighted by molar-refractivity contribution is -0.384. The third kappa shape index (κ3) is 6.35. The number of carbonyl (C=O) groups excluding carboxylic acids is 1. The molecule has 0 bridgehead atoms. The van der Waals surface area contributed by atoms with Crippen LogP contribution in [0.1, 0.15) is 19.8 Å². The average molecular weight is 339 g/mol. The number of aliphatic hydroxyl groups excluding tert-OH is 1. The van der Waals surface area contributed by atoms with Crippen molar-refractivity contribution in [1.82, 2.24) is 0 Å². The van der Waals surface area contributed by atoms with Gasteiger partial charge in [-0.15, -0.1) is 0 Å². The molecule has 0 saturated carbocycles. The van der Waals surface area contributed by atoms with Crippen LogP contribution < -0.4 is 4.74 Å². The van der Waals surface area contributed by atoms with Crippen molar-refractivity contribution >= 4 is 11.8 Å². The van der Waals surface area contributed by atoms with Gasteiger partial charge in [-0.3, -0.25) is 10.1 Å². The van der Waals surface area contributed by atoms with Crippen LogP contribution >= 0.6 is 0 Å². The summed E-state index contributed by atoms with van der Waals surface area (Å²) >= 11 is 0. The van der Waals surface area contributed by atoms with Crippen molar-refractivity contribution in [1.29, 1.82) is 0 Å². The highest BCUT2D eigenvalue weighted by atomic mass is 16.7. The molecule has 1 N–H and O–H groups in total. The van der Waals surface area contributed by atoms with Crippen LogP contribution in [0.4, 0.5) is 10.5 Å². The number of nitrogens with zero attached hydrogens (tertiary/aromatic N) is 1. The maximum absolute atomic E-state index is 11.7. The standard InChI is InChI=1S/C16H21NO7/c1-11(10-18)4-9-15(22-3)12(2)23-16(19)24-14-7-5-13(6-8-14)17(20)21/h5-8,11,15,18H,2,4,9-10H2,1,3H3. The predicted octanol–water partition coefficient (Wildman–Crippen LogP) is 3.05. The second-order valence-electron chi connectivity index (χ2n) is 5.26. The lowest BCUT2D eigenvalue weighted by atomic mass is 10.0. The Morgan fingerprint density at radius 3 is 2.46 bits per heavy atom. The second-order valence-corrected chi connectivity index (χ2v) is 5.26. The van der Waals surface area contributed by atoms with Crippen LogP contribution in [0.25, 0.3) is 0 Å². The summed E-state index contributed by atoms with van der Waals surface area (Å²) < 4.78 is 15.1. The number of aliphatic hydroxyl groups is 1. The molecule has 0 aliphatic rings. The molecule has 0 saturated heterocycles. The summed E-state index contributed by atoms with van der Waals surface area (Å²) in [6, 6.07) is 5.01. The molecular weight excluding hydrogens is 318 g/mol. The van der Waals surface area contributed by atoms with Crippen LogP contribution in [0.2, 0.25) is 0 Å². The number of non-ortho nitro benzene ring substituents is 1. The molecule has 0 amide bonds. The summed E-state index contributed by atoms with van der Waals surface area (Å²) in [7, 11) is 1.46. The van der Waals surface area contributed by atoms with Crippen molar-refractivity contribution < 1.29 is 29.0 Å². The monoisotopic (exact) mass is 339 g/mol. The molecule has 0 aliphatic heterocycles. The van der Waals surface area contributed by atoms with E-state index in [1.807, 2.05) is 6.92 Å². The molecule has 8 nitrogen and oxygen atoms in total. The van der Waals surface area contributed by atoms with Gasteiger partial charge in [0.1, 0.15) is 17.6 Å². The molecule has 2 unspecified atom stereocenters. The van der Waals surface area contributed by atoms with Gasteiger partial charge in [-0.05, 0) is 30.9 Å². The zero-order chi connectivity index (χ0) is 18.1. The quantitative estimate of drug-likeness (QED) is 0.242. The lowest BCUT2D eigenvalue weighted by Crippen LogP contribution is -2.21. The Hall–Kier alpha value is -2.45. The molecular formula is C16H21NO7. The van der Waals surface area contributed by atoms with Gasteiger partial charge in [-0.2, -0.15) is 0 Å². The van der Waals surface area contributed by atoms with E-state index in [2.05, 4.69) is 6.58 Å². The summed E-state index contributed by atoms with van der Waals surface area (Å²) in [6.07, 6.45) is -0.314. The van der Waals surface area contributed by atoms with Crippen molar-refractivity contribution in [3.05, 3.63) is 46.7 Å². The number of methoxy groups -OCH3 is 1. The minimum absolute atomic E-state index is 0.0615. The molecule has 1 aromatic carbocycles. The molecule has 132 valence electrons. The molecule has 0 aliphatic carbocycles. The van der Waals surface area contributed by atoms with Gasteiger partial charge in [-0.25, -0.2) is 4.79 Å². The van der Waals surface area contributed by atoms with Crippen LogP contribution in [0, 0.1) is 16.0 Å². The van der Waals surface area contributed by atoms with E-state index in [4.69, 9.17) is 19.3 Å². The van der Waals surface area contributed by atoms with E-state index in [9.17, 15) is 14.9 Å². The number of nitro groups is 1. The topological polar surface area (TPSA) is 108 Å². The summed E-state index contributed by atoms with van der Waals surface area (Å²) in [4.78, 5) is 21.7. The fraction of sp³-hybridized carbons (Fsp3) is 0.438. The molecule has 2 atom stereocenters. The van der Waals surface area contributed by atoms with Gasteiger partial charge >= 0.3 is 6.16 Å². The fourth-order valence-electron chi connectivity index (χ4n) is 1.86. The highest BCUT2D eigenvalue weighted by Gasteiger charge is 2.19. The molecule has 1 aromatic rings. The van der Waals surface area contributed by atoms with Crippen molar-refractivity contribution in [3.8, 4) is 5.75 Å². The molecule has 0 spiro atoms. The van der Waals surface area contributed by atoms with Gasteiger partial charge in [0.2, 0.25) is 0 Å². The molecule has 24 heavy (non-hydrogen) atoms. The molecule has 0 heterocycles. The Bertz CT molecular complexity index is 570. The number of ether oxygens (including phenoxy) is 3. The van der Waals surface area contributed by atoms with Gasteiger partial charge in [-0.1, -0.05) is 13.5 Å². The Kier molecular flexibility index (Phi) is 7.87. The third-order valence-corrected chi connectivity index (χ3v) is 3.34. The molecule has 8 heteroatoms. The van der Waals surface area contributed by atoms with Gasteiger partial charge < -0.3 is 19.3 Å². The maximum atomic E-state index is 11.7. The first-order valence-corrected chi connectivity index (χ1v) is 7.34. The zero-order valence-corrected chi connectivity index (χ0v) is 13.6. The highest BCUT2D eigenvalue weighted by Crippen LogP contribution is 2.20. The normalized spacial score (nSPS) is 13.0. The molecule has 0 aromatic heterocycles. The first kappa shape index (κ1) is 19.6. The van der Waals surface area contributed by atoms with Crippen LogP contribution in [-0.2, 0) is 9.47 Å². The molecule has 1 rings (SSSR count). The summed E-state index contributed by atoms with van der Waals surface area (Å²) in [5, 5.41) is 19.6. The SMILES string of the molecule is C=C(OC(=O)Oc1ccc([N+](=O)[O-])cc1)C(CCC(C)CO)OC. The number of rotatable bonds is 9.